The van der Waals surface area contributed by atoms with Gasteiger partial charge in [0.25, 0.3) is 5.91 Å². The Kier molecular flexibility index (Phi) is 4.56. The van der Waals surface area contributed by atoms with Crippen molar-refractivity contribution in [3.8, 4) is 0 Å². The minimum Gasteiger partial charge on any atom is -0.480 e. The van der Waals surface area contributed by atoms with Crippen molar-refractivity contribution in [2.75, 3.05) is 0 Å². The van der Waals surface area contributed by atoms with Crippen LogP contribution < -0.4 is 5.32 Å². The van der Waals surface area contributed by atoms with E-state index >= 15 is 0 Å². The number of hydrogen-bond donors (Lipinski definition) is 2. The van der Waals surface area contributed by atoms with Crippen LogP contribution in [0.5, 0.6) is 0 Å². The molecule has 20 heavy (non-hydrogen) atoms. The maximum atomic E-state index is 12.1. The van der Waals surface area contributed by atoms with E-state index in [1.165, 1.54) is 11.1 Å². The molecule has 0 saturated carbocycles. The molecule has 0 aromatic heterocycles. The van der Waals surface area contributed by atoms with Gasteiger partial charge in [-0.25, -0.2) is 4.79 Å². The normalized spacial score (nSPS) is 14.4. The fourth-order valence-corrected chi connectivity index (χ4v) is 2.50. The molecule has 0 heterocycles. The fraction of sp³-hybridized carbons (Fsp3) is 0.375. The summed E-state index contributed by atoms with van der Waals surface area (Å²) in [5, 5.41) is 11.7. The van der Waals surface area contributed by atoms with Crippen molar-refractivity contribution in [1.82, 2.24) is 5.32 Å². The molecule has 0 aliphatic heterocycles. The summed E-state index contributed by atoms with van der Waals surface area (Å²) in [5.41, 5.74) is 3.04. The summed E-state index contributed by atoms with van der Waals surface area (Å²) < 4.78 is 0. The molecule has 0 fully saturated rings. The van der Waals surface area contributed by atoms with E-state index in [4.69, 9.17) is 5.11 Å². The summed E-state index contributed by atoms with van der Waals surface area (Å²) in [6.07, 6.45) is 5.75. The minimum absolute atomic E-state index is 0.323. The molecule has 0 saturated heterocycles. The second kappa shape index (κ2) is 6.37. The van der Waals surface area contributed by atoms with E-state index in [1.807, 2.05) is 12.1 Å². The zero-order chi connectivity index (χ0) is 14.5. The summed E-state index contributed by atoms with van der Waals surface area (Å²) in [7, 11) is 0. The Morgan fingerprint density at radius 1 is 1.35 bits per heavy atom. The molecule has 0 radical (unpaired) electrons. The standard InChI is InChI=1S/C16H19NO3/c1-2-3-7-14(16(19)20)17-15(18)13-9-8-11-5-4-6-12(11)10-13/h2,8-10,14H,1,3-7H2,(H,17,18)(H,19,20). The second-order valence-electron chi connectivity index (χ2n) is 5.07. The van der Waals surface area contributed by atoms with Crippen molar-refractivity contribution in [1.29, 1.82) is 0 Å². The lowest BCUT2D eigenvalue weighted by Gasteiger charge is -2.14. The van der Waals surface area contributed by atoms with E-state index in [2.05, 4.69) is 11.9 Å². The minimum atomic E-state index is -1.01. The highest BCUT2D eigenvalue weighted by molar-refractivity contribution is 5.96. The number of fused-ring (bicyclic) bond motifs is 1. The van der Waals surface area contributed by atoms with E-state index in [0.717, 1.165) is 19.3 Å². The van der Waals surface area contributed by atoms with Gasteiger partial charge in [0.2, 0.25) is 0 Å². The van der Waals surface area contributed by atoms with Crippen molar-refractivity contribution in [3.63, 3.8) is 0 Å². The molecule has 1 unspecified atom stereocenters. The predicted molar refractivity (Wildman–Crippen MR) is 76.8 cm³/mol. The second-order valence-corrected chi connectivity index (χ2v) is 5.07. The van der Waals surface area contributed by atoms with Gasteiger partial charge >= 0.3 is 5.97 Å². The summed E-state index contributed by atoms with van der Waals surface area (Å²) in [6, 6.07) is 4.75. The van der Waals surface area contributed by atoms with Crippen LogP contribution in [-0.2, 0) is 17.6 Å². The first-order valence-electron chi connectivity index (χ1n) is 6.88. The number of carboxylic acid groups (broad SMARTS) is 1. The number of aryl methyl sites for hydroxylation is 2. The van der Waals surface area contributed by atoms with E-state index < -0.39 is 12.0 Å². The molecule has 1 aliphatic rings. The molecule has 4 nitrogen and oxygen atoms in total. The Hall–Kier alpha value is -2.10. The Bertz CT molecular complexity index is 537. The maximum absolute atomic E-state index is 12.1. The van der Waals surface area contributed by atoms with Gasteiger partial charge in [0, 0.05) is 5.56 Å². The molecule has 106 valence electrons. The lowest BCUT2D eigenvalue weighted by atomic mass is 10.1. The highest BCUT2D eigenvalue weighted by atomic mass is 16.4. The van der Waals surface area contributed by atoms with Gasteiger partial charge in [-0.3, -0.25) is 4.79 Å². The average molecular weight is 273 g/mol. The highest BCUT2D eigenvalue weighted by Crippen LogP contribution is 2.22. The first kappa shape index (κ1) is 14.3. The van der Waals surface area contributed by atoms with Crippen LogP contribution in [0.4, 0.5) is 0 Å². The predicted octanol–water partition coefficient (Wildman–Crippen LogP) is 2.32. The van der Waals surface area contributed by atoms with Gasteiger partial charge in [-0.05, 0) is 55.4 Å². The van der Waals surface area contributed by atoms with Crippen LogP contribution in [0.1, 0.15) is 40.7 Å². The van der Waals surface area contributed by atoms with Gasteiger partial charge < -0.3 is 10.4 Å². The Balaban J connectivity index is 2.06. The largest absolute Gasteiger partial charge is 0.480 e. The molecule has 2 N–H and O–H groups in total. The summed E-state index contributed by atoms with van der Waals surface area (Å²) in [6.45, 7) is 3.56. The molecule has 0 bridgehead atoms. The number of rotatable bonds is 6. The lowest BCUT2D eigenvalue weighted by Crippen LogP contribution is -2.40. The average Bonchev–Trinajstić information content (AvgIpc) is 2.90. The molecule has 1 aromatic rings. The van der Waals surface area contributed by atoms with Crippen molar-refractivity contribution in [3.05, 3.63) is 47.5 Å². The molecular formula is C16H19NO3. The number of carbonyl (C=O) groups is 2. The van der Waals surface area contributed by atoms with Crippen molar-refractivity contribution in [2.24, 2.45) is 0 Å². The van der Waals surface area contributed by atoms with Gasteiger partial charge in [0.1, 0.15) is 6.04 Å². The number of benzene rings is 1. The van der Waals surface area contributed by atoms with Crippen LogP contribution in [0, 0.1) is 0 Å². The fourth-order valence-electron chi connectivity index (χ4n) is 2.50. The highest BCUT2D eigenvalue weighted by Gasteiger charge is 2.21. The molecular weight excluding hydrogens is 254 g/mol. The number of nitrogens with one attached hydrogen (secondary N) is 1. The SMILES string of the molecule is C=CCCC(NC(=O)c1ccc2c(c1)CCC2)C(=O)O. The zero-order valence-electron chi connectivity index (χ0n) is 11.4. The molecule has 4 heteroatoms. The number of allylic oxidation sites excluding steroid dienone is 1. The zero-order valence-corrected chi connectivity index (χ0v) is 11.4. The molecule has 0 spiro atoms. The summed E-state index contributed by atoms with van der Waals surface area (Å²) in [4.78, 5) is 23.2. The number of carbonyl (C=O) groups excluding carboxylic acids is 1. The smallest absolute Gasteiger partial charge is 0.326 e. The molecule has 1 aliphatic carbocycles. The topological polar surface area (TPSA) is 66.4 Å². The Morgan fingerprint density at radius 2 is 2.10 bits per heavy atom. The Labute approximate surface area is 118 Å². The van der Waals surface area contributed by atoms with E-state index in [-0.39, 0.29) is 5.91 Å². The third-order valence-corrected chi connectivity index (χ3v) is 3.62. The van der Waals surface area contributed by atoms with Crippen LogP contribution in [0.2, 0.25) is 0 Å². The maximum Gasteiger partial charge on any atom is 0.326 e. The third-order valence-electron chi connectivity index (χ3n) is 3.62. The van der Waals surface area contributed by atoms with Gasteiger partial charge in [-0.1, -0.05) is 12.1 Å². The van der Waals surface area contributed by atoms with Crippen LogP contribution in [0.3, 0.4) is 0 Å². The molecule has 2 rings (SSSR count). The van der Waals surface area contributed by atoms with Crippen molar-refractivity contribution in [2.45, 2.75) is 38.1 Å². The van der Waals surface area contributed by atoms with Crippen molar-refractivity contribution >= 4 is 11.9 Å². The summed E-state index contributed by atoms with van der Waals surface area (Å²) in [5.74, 6) is -1.34. The first-order valence-corrected chi connectivity index (χ1v) is 6.88. The van der Waals surface area contributed by atoms with Crippen LogP contribution >= 0.6 is 0 Å². The van der Waals surface area contributed by atoms with Crippen LogP contribution in [-0.4, -0.2) is 23.0 Å². The first-order chi connectivity index (χ1) is 9.61. The number of aliphatic carboxylic acids is 1. The van der Waals surface area contributed by atoms with E-state index in [9.17, 15) is 9.59 Å². The molecule has 1 amide bonds. The monoisotopic (exact) mass is 273 g/mol. The van der Waals surface area contributed by atoms with E-state index in [0.29, 0.717) is 18.4 Å². The number of carboxylic acids is 1. The molecule has 1 atom stereocenters. The van der Waals surface area contributed by atoms with Gasteiger partial charge in [-0.2, -0.15) is 0 Å². The summed E-state index contributed by atoms with van der Waals surface area (Å²) >= 11 is 0. The van der Waals surface area contributed by atoms with Crippen molar-refractivity contribution < 1.29 is 14.7 Å². The van der Waals surface area contributed by atoms with Crippen LogP contribution in [0.15, 0.2) is 30.9 Å². The van der Waals surface area contributed by atoms with Gasteiger partial charge in [0.05, 0.1) is 0 Å². The lowest BCUT2D eigenvalue weighted by molar-refractivity contribution is -0.139. The van der Waals surface area contributed by atoms with E-state index in [1.54, 1.807) is 12.1 Å². The van der Waals surface area contributed by atoms with Crippen LogP contribution in [0.25, 0.3) is 0 Å². The molecule has 1 aromatic carbocycles. The van der Waals surface area contributed by atoms with Gasteiger partial charge in [-0.15, -0.1) is 6.58 Å². The number of amides is 1. The third kappa shape index (κ3) is 3.26. The quantitative estimate of drug-likeness (QED) is 0.782. The van der Waals surface area contributed by atoms with Gasteiger partial charge in [0.15, 0.2) is 0 Å². The Morgan fingerprint density at radius 3 is 2.80 bits per heavy atom. The number of hydrogen-bond acceptors (Lipinski definition) is 2.